The van der Waals surface area contributed by atoms with E-state index in [0.717, 1.165) is 11.4 Å². The second kappa shape index (κ2) is 11.7. The van der Waals surface area contributed by atoms with Gasteiger partial charge in [0.25, 0.3) is 0 Å². The van der Waals surface area contributed by atoms with E-state index in [2.05, 4.69) is 29.9 Å². The third-order valence-corrected chi connectivity index (χ3v) is 12.4. The lowest BCUT2D eigenvalue weighted by atomic mass is 9.98. The Morgan fingerprint density at radius 1 is 1.00 bits per heavy atom. The third-order valence-electron chi connectivity index (χ3n) is 7.87. The van der Waals surface area contributed by atoms with Crippen LogP contribution in [0.5, 0.6) is 0 Å². The average molecular weight is 703 g/mol. The van der Waals surface area contributed by atoms with E-state index in [0.29, 0.717) is 0 Å². The predicted octanol–water partition coefficient (Wildman–Crippen LogP) is 1.31. The number of nitrogen functional groups attached to an aromatic ring is 2. The number of alkyl halides is 1. The van der Waals surface area contributed by atoms with Gasteiger partial charge in [0.1, 0.15) is 54.2 Å². The second-order valence-electron chi connectivity index (χ2n) is 10.9. The molecule has 3 aliphatic heterocycles. The highest BCUT2D eigenvalue weighted by Gasteiger charge is 2.57. The summed E-state index contributed by atoms with van der Waals surface area (Å²) >= 11 is 0.718. The summed E-state index contributed by atoms with van der Waals surface area (Å²) in [4.78, 5) is 24.6. The van der Waals surface area contributed by atoms with Crippen molar-refractivity contribution >= 4 is 59.7 Å². The quantitative estimate of drug-likeness (QED) is 0.254. The number of halogens is 1. The smallest absolute Gasteiger partial charge is 0.387 e. The Bertz CT molecular complexity index is 1890. The van der Waals surface area contributed by atoms with E-state index in [1.165, 1.54) is 47.4 Å². The molecule has 0 aliphatic carbocycles. The molecule has 0 amide bonds. The Balaban J connectivity index is 1.20. The highest BCUT2D eigenvalue weighted by molar-refractivity contribution is 8.54. The Hall–Kier alpha value is -2.84. The summed E-state index contributed by atoms with van der Waals surface area (Å²) in [6.45, 7) is -4.84. The number of hydrogen-bond acceptors (Lipinski definition) is 18. The number of aromatic nitrogens is 8. The molecule has 0 spiro atoms. The van der Waals surface area contributed by atoms with Crippen LogP contribution in [0.4, 0.5) is 16.0 Å². The molecule has 248 valence electrons. The first-order valence-corrected chi connectivity index (χ1v) is 19.1. The molecule has 6 unspecified atom stereocenters. The molecule has 3 aliphatic rings. The van der Waals surface area contributed by atoms with E-state index in [-0.39, 0.29) is 34.0 Å². The van der Waals surface area contributed by atoms with E-state index in [4.69, 9.17) is 39.0 Å². The Labute approximate surface area is 263 Å². The van der Waals surface area contributed by atoms with Crippen LogP contribution < -0.4 is 11.5 Å². The lowest BCUT2D eigenvalue weighted by Gasteiger charge is -2.31. The summed E-state index contributed by atoms with van der Waals surface area (Å²) in [7, 11) is -4.02. The van der Waals surface area contributed by atoms with Gasteiger partial charge in [0.2, 0.25) is 0 Å². The first kappa shape index (κ1) is 31.7. The van der Waals surface area contributed by atoms with Crippen molar-refractivity contribution in [2.45, 2.75) is 49.0 Å². The van der Waals surface area contributed by atoms with E-state index in [1.54, 1.807) is 0 Å². The predicted molar refractivity (Wildman–Crippen MR) is 159 cm³/mol. The van der Waals surface area contributed by atoms with Crippen LogP contribution in [-0.4, -0.2) is 113 Å². The first-order chi connectivity index (χ1) is 21.9. The third kappa shape index (κ3) is 5.57. The SMILES string of the molecule is CSP1(=O)OCC2O[C@@H](n3cnc4c(N)ncnc43)[C@@H](OP(C)(=O)OC[C@H]3OCC(F)(Cn4cnc5c(N)ncnc54)C3O1)C2O. The van der Waals surface area contributed by atoms with Gasteiger partial charge in [0, 0.05) is 6.66 Å². The van der Waals surface area contributed by atoms with Crippen molar-refractivity contribution in [1.82, 2.24) is 39.0 Å². The van der Waals surface area contributed by atoms with Crippen molar-refractivity contribution < 1.29 is 46.2 Å². The molecule has 2 bridgehead atoms. The summed E-state index contributed by atoms with van der Waals surface area (Å²) < 4.78 is 82.4. The van der Waals surface area contributed by atoms with Crippen LogP contribution in [0.3, 0.4) is 0 Å². The lowest BCUT2D eigenvalue weighted by Crippen LogP contribution is -2.45. The van der Waals surface area contributed by atoms with Gasteiger partial charge in [0.05, 0.1) is 39.0 Å². The first-order valence-electron chi connectivity index (χ1n) is 13.8. The molecule has 0 aromatic carbocycles. The summed E-state index contributed by atoms with van der Waals surface area (Å²) in [5.74, 6) is 0.223. The Kier molecular flexibility index (Phi) is 8.07. The zero-order chi connectivity index (χ0) is 32.4. The van der Waals surface area contributed by atoms with E-state index in [9.17, 15) is 14.2 Å². The molecule has 3 saturated heterocycles. The minimum atomic E-state index is -4.16. The van der Waals surface area contributed by atoms with Crippen molar-refractivity contribution in [3.63, 3.8) is 0 Å². The minimum absolute atomic E-state index is 0.109. The van der Waals surface area contributed by atoms with Gasteiger partial charge in [-0.3, -0.25) is 22.7 Å². The number of imidazole rings is 2. The van der Waals surface area contributed by atoms with Gasteiger partial charge in [-0.25, -0.2) is 38.9 Å². The largest absolute Gasteiger partial charge is 0.389 e. The molecule has 9 atom stereocenters. The fourth-order valence-corrected chi connectivity index (χ4v) is 8.99. The zero-order valence-corrected chi connectivity index (χ0v) is 26.8. The van der Waals surface area contributed by atoms with Crippen LogP contribution in [0.15, 0.2) is 25.3 Å². The lowest BCUT2D eigenvalue weighted by molar-refractivity contribution is -0.0547. The number of fused-ring (bicyclic) bond motifs is 5. The van der Waals surface area contributed by atoms with Gasteiger partial charge >= 0.3 is 14.4 Å². The Morgan fingerprint density at radius 2 is 1.67 bits per heavy atom. The normalized spacial score (nSPS) is 37.1. The van der Waals surface area contributed by atoms with E-state index in [1.807, 2.05) is 0 Å². The fraction of sp³-hybridized carbons (Fsp3) is 0.565. The van der Waals surface area contributed by atoms with Crippen molar-refractivity contribution in [1.29, 1.82) is 0 Å². The maximum Gasteiger partial charge on any atom is 0.389 e. The number of ether oxygens (including phenoxy) is 2. The molecular formula is C23H29FN10O9P2S. The standard InChI is InChI=1S/C23H29FN10O9P2S/c1-44(36)39-4-12-17(23(24,6-38-12)5-33-9-31-13-18(25)27-7-29-20(13)33)43-45(37,46-2)40-3-11-15(35)16(42-44)22(41-11)34-10-32-14-19(26)28-8-30-21(14)34/h7-12,15-17,22,35H,3-6H2,1-2H3,(H2,25,27,29)(H2,26,28,30)/t11?,12-,15?,16+,17?,22-,23?,44?,45?/m1/s1. The molecule has 0 radical (unpaired) electrons. The number of aliphatic hydroxyl groups is 1. The van der Waals surface area contributed by atoms with Crippen LogP contribution in [0, 0.1) is 0 Å². The van der Waals surface area contributed by atoms with Crippen molar-refractivity contribution in [2.75, 3.05) is 44.2 Å². The number of nitrogens with two attached hydrogens (primary N) is 2. The molecule has 7 rings (SSSR count). The molecule has 23 heteroatoms. The van der Waals surface area contributed by atoms with Gasteiger partial charge in [-0.2, -0.15) is 0 Å². The summed E-state index contributed by atoms with van der Waals surface area (Å²) in [6.07, 6.45) is -1.22. The highest BCUT2D eigenvalue weighted by atomic mass is 32.7. The fourth-order valence-electron chi connectivity index (χ4n) is 5.62. The van der Waals surface area contributed by atoms with E-state index >= 15 is 4.39 Å². The van der Waals surface area contributed by atoms with Crippen LogP contribution in [-0.2, 0) is 43.2 Å². The van der Waals surface area contributed by atoms with Crippen LogP contribution >= 0.6 is 25.8 Å². The second-order valence-corrected chi connectivity index (χ2v) is 17.1. The van der Waals surface area contributed by atoms with Gasteiger partial charge in [0.15, 0.2) is 34.8 Å². The Morgan fingerprint density at radius 3 is 2.41 bits per heavy atom. The molecule has 7 heterocycles. The molecule has 4 aromatic heterocycles. The van der Waals surface area contributed by atoms with Crippen LogP contribution in [0.2, 0.25) is 0 Å². The number of hydrogen-bond donors (Lipinski definition) is 3. The van der Waals surface area contributed by atoms with Crippen LogP contribution in [0.25, 0.3) is 22.3 Å². The van der Waals surface area contributed by atoms with Gasteiger partial charge in [-0.05, 0) is 17.6 Å². The molecule has 0 saturated carbocycles. The summed E-state index contributed by atoms with van der Waals surface area (Å²) in [6, 6.07) is 0. The molecule has 4 aromatic rings. The highest BCUT2D eigenvalue weighted by Crippen LogP contribution is 2.63. The maximum atomic E-state index is 16.9. The van der Waals surface area contributed by atoms with Crippen molar-refractivity contribution in [3.8, 4) is 0 Å². The zero-order valence-electron chi connectivity index (χ0n) is 24.2. The van der Waals surface area contributed by atoms with Crippen molar-refractivity contribution in [3.05, 3.63) is 25.3 Å². The molecule has 46 heavy (non-hydrogen) atoms. The topological polar surface area (TPSA) is 249 Å². The number of aliphatic hydroxyl groups excluding tert-OH is 1. The molecular weight excluding hydrogens is 673 g/mol. The summed E-state index contributed by atoms with van der Waals surface area (Å²) in [5.41, 5.74) is 10.6. The monoisotopic (exact) mass is 702 g/mol. The van der Waals surface area contributed by atoms with Gasteiger partial charge in [-0.1, -0.05) is 0 Å². The molecule has 5 N–H and O–H groups in total. The molecule has 19 nitrogen and oxygen atoms in total. The van der Waals surface area contributed by atoms with Gasteiger partial charge in [-0.15, -0.1) is 0 Å². The number of rotatable bonds is 4. The summed E-state index contributed by atoms with van der Waals surface area (Å²) in [5, 5.41) is 11.3. The maximum absolute atomic E-state index is 16.9. The van der Waals surface area contributed by atoms with Gasteiger partial charge < -0.3 is 35.1 Å². The van der Waals surface area contributed by atoms with Crippen LogP contribution in [0.1, 0.15) is 6.23 Å². The number of nitrogens with zero attached hydrogens (tertiary/aromatic N) is 8. The minimum Gasteiger partial charge on any atom is -0.387 e. The number of anilines is 2. The molecule has 3 fully saturated rings. The van der Waals surface area contributed by atoms with Crippen molar-refractivity contribution in [2.24, 2.45) is 0 Å². The van der Waals surface area contributed by atoms with E-state index < -0.39 is 83.2 Å². The average Bonchev–Trinajstić information content (AvgIpc) is 3.78.